The van der Waals surface area contributed by atoms with Gasteiger partial charge in [0.2, 0.25) is 0 Å². The normalized spacial score (nSPS) is 10.6. The Kier molecular flexibility index (Phi) is 5.37. The summed E-state index contributed by atoms with van der Waals surface area (Å²) < 4.78 is 21.1. The number of carbonyl (C=O) groups is 1. The van der Waals surface area contributed by atoms with E-state index in [9.17, 15) is 9.18 Å². The Morgan fingerprint density at radius 2 is 2.00 bits per heavy atom. The van der Waals surface area contributed by atoms with Crippen LogP contribution in [-0.4, -0.2) is 22.3 Å². The summed E-state index contributed by atoms with van der Waals surface area (Å²) in [5.74, 6) is -0.353. The summed E-state index contributed by atoms with van der Waals surface area (Å²) >= 11 is 3.43. The Hall–Kier alpha value is -2.67. The number of rotatable bonds is 5. The van der Waals surface area contributed by atoms with Gasteiger partial charge in [-0.1, -0.05) is 15.9 Å². The summed E-state index contributed by atoms with van der Waals surface area (Å²) in [5, 5.41) is 7.14. The number of halogens is 2. The molecular weight excluding hydrogens is 401 g/mol. The van der Waals surface area contributed by atoms with Gasteiger partial charge in [0.25, 0.3) is 5.91 Å². The molecule has 3 rings (SSSR count). The first-order valence-corrected chi connectivity index (χ1v) is 8.83. The van der Waals surface area contributed by atoms with Gasteiger partial charge in [-0.3, -0.25) is 4.79 Å². The minimum atomic E-state index is -0.379. The van der Waals surface area contributed by atoms with Crippen LogP contribution in [0.5, 0.6) is 5.75 Å². The molecule has 2 aromatic carbocycles. The van der Waals surface area contributed by atoms with Gasteiger partial charge in [-0.25, -0.2) is 9.07 Å². The molecule has 0 spiro atoms. The summed E-state index contributed by atoms with van der Waals surface area (Å²) in [6.45, 7) is 4.16. The van der Waals surface area contributed by atoms with Crippen LogP contribution < -0.4 is 10.1 Å². The second-order valence-electron chi connectivity index (χ2n) is 5.61. The molecule has 7 heteroatoms. The predicted molar refractivity (Wildman–Crippen MR) is 102 cm³/mol. The largest absolute Gasteiger partial charge is 0.490 e. The lowest BCUT2D eigenvalue weighted by molar-refractivity contribution is 0.101. The number of ether oxygens (including phenoxy) is 1. The number of anilines is 1. The molecule has 134 valence electrons. The summed E-state index contributed by atoms with van der Waals surface area (Å²) in [6.07, 6.45) is 1.61. The number of amides is 1. The Bertz CT molecular complexity index is 938. The highest BCUT2D eigenvalue weighted by atomic mass is 79.9. The van der Waals surface area contributed by atoms with Crippen molar-refractivity contribution in [3.05, 3.63) is 70.2 Å². The molecule has 0 bridgehead atoms. The van der Waals surface area contributed by atoms with E-state index in [1.807, 2.05) is 26.0 Å². The summed E-state index contributed by atoms with van der Waals surface area (Å²) in [5.41, 5.74) is 2.46. The van der Waals surface area contributed by atoms with E-state index >= 15 is 0 Å². The molecule has 26 heavy (non-hydrogen) atoms. The minimum Gasteiger partial charge on any atom is -0.490 e. The van der Waals surface area contributed by atoms with Gasteiger partial charge in [0.15, 0.2) is 11.4 Å². The van der Waals surface area contributed by atoms with E-state index in [0.29, 0.717) is 23.7 Å². The molecule has 3 aromatic rings. The van der Waals surface area contributed by atoms with Gasteiger partial charge < -0.3 is 10.1 Å². The number of hydrogen-bond acceptors (Lipinski definition) is 3. The first kappa shape index (κ1) is 18.1. The van der Waals surface area contributed by atoms with Crippen LogP contribution in [-0.2, 0) is 0 Å². The lowest BCUT2D eigenvalue weighted by atomic mass is 10.2. The standard InChI is InChI=1S/C19H17BrFN3O2/c1-3-26-17-11-24(15-7-4-13(21)5-8-15)23-18(17)19(25)22-14-6-9-16(20)12(2)10-14/h4-11H,3H2,1-2H3,(H,22,25). The molecule has 0 aliphatic heterocycles. The van der Waals surface area contributed by atoms with Crippen LogP contribution in [0.15, 0.2) is 53.1 Å². The van der Waals surface area contributed by atoms with Crippen molar-refractivity contribution >= 4 is 27.5 Å². The smallest absolute Gasteiger partial charge is 0.280 e. The first-order valence-electron chi connectivity index (χ1n) is 8.04. The maximum absolute atomic E-state index is 13.1. The number of aryl methyl sites for hydroxylation is 1. The molecule has 1 amide bonds. The van der Waals surface area contributed by atoms with Gasteiger partial charge >= 0.3 is 0 Å². The molecule has 1 aromatic heterocycles. The summed E-state index contributed by atoms with van der Waals surface area (Å²) in [7, 11) is 0. The molecule has 0 radical (unpaired) electrons. The van der Waals surface area contributed by atoms with Crippen LogP contribution in [0.2, 0.25) is 0 Å². The fraction of sp³-hybridized carbons (Fsp3) is 0.158. The second-order valence-corrected chi connectivity index (χ2v) is 6.47. The van der Waals surface area contributed by atoms with Crippen molar-refractivity contribution in [2.45, 2.75) is 13.8 Å². The van der Waals surface area contributed by atoms with E-state index < -0.39 is 0 Å². The Morgan fingerprint density at radius 3 is 2.65 bits per heavy atom. The maximum atomic E-state index is 13.1. The van der Waals surface area contributed by atoms with Crippen LogP contribution in [0.25, 0.3) is 5.69 Å². The molecule has 0 atom stereocenters. The van der Waals surface area contributed by atoms with Crippen LogP contribution in [0, 0.1) is 12.7 Å². The monoisotopic (exact) mass is 417 g/mol. The number of aromatic nitrogens is 2. The number of nitrogens with one attached hydrogen (secondary N) is 1. The molecule has 5 nitrogen and oxygen atoms in total. The van der Waals surface area contributed by atoms with Crippen molar-refractivity contribution in [2.75, 3.05) is 11.9 Å². The Morgan fingerprint density at radius 1 is 1.27 bits per heavy atom. The maximum Gasteiger partial charge on any atom is 0.280 e. The van der Waals surface area contributed by atoms with E-state index in [4.69, 9.17) is 4.74 Å². The molecule has 0 aliphatic rings. The topological polar surface area (TPSA) is 56.2 Å². The van der Waals surface area contributed by atoms with Crippen molar-refractivity contribution in [1.29, 1.82) is 0 Å². The lowest BCUT2D eigenvalue weighted by Gasteiger charge is -2.07. The van der Waals surface area contributed by atoms with Crippen LogP contribution in [0.3, 0.4) is 0 Å². The van der Waals surface area contributed by atoms with E-state index in [0.717, 1.165) is 10.0 Å². The van der Waals surface area contributed by atoms with Gasteiger partial charge in [-0.15, -0.1) is 0 Å². The molecule has 0 unspecified atom stereocenters. The SMILES string of the molecule is CCOc1cn(-c2ccc(F)cc2)nc1C(=O)Nc1ccc(Br)c(C)c1. The third-order valence-electron chi connectivity index (χ3n) is 3.70. The fourth-order valence-electron chi connectivity index (χ4n) is 2.42. The molecule has 0 saturated heterocycles. The number of hydrogen-bond donors (Lipinski definition) is 1. The number of nitrogens with zero attached hydrogens (tertiary/aromatic N) is 2. The van der Waals surface area contributed by atoms with Gasteiger partial charge in [0.05, 0.1) is 18.5 Å². The summed E-state index contributed by atoms with van der Waals surface area (Å²) in [6, 6.07) is 11.4. The second kappa shape index (κ2) is 7.70. The van der Waals surface area contributed by atoms with Crippen molar-refractivity contribution in [2.24, 2.45) is 0 Å². The van der Waals surface area contributed by atoms with Crippen molar-refractivity contribution in [3.8, 4) is 11.4 Å². The third-order valence-corrected chi connectivity index (χ3v) is 4.59. The van der Waals surface area contributed by atoms with E-state index in [1.165, 1.54) is 16.8 Å². The highest BCUT2D eigenvalue weighted by Gasteiger charge is 2.19. The van der Waals surface area contributed by atoms with Crippen LogP contribution >= 0.6 is 15.9 Å². The van der Waals surface area contributed by atoms with Gasteiger partial charge in [-0.2, -0.15) is 5.10 Å². The number of carbonyl (C=O) groups excluding carboxylic acids is 1. The molecule has 0 fully saturated rings. The quantitative estimate of drug-likeness (QED) is 0.652. The zero-order chi connectivity index (χ0) is 18.7. The molecule has 0 saturated carbocycles. The fourth-order valence-corrected chi connectivity index (χ4v) is 2.66. The highest BCUT2D eigenvalue weighted by Crippen LogP contribution is 2.24. The van der Waals surface area contributed by atoms with Crippen LogP contribution in [0.1, 0.15) is 23.0 Å². The van der Waals surface area contributed by atoms with Crippen molar-refractivity contribution < 1.29 is 13.9 Å². The average Bonchev–Trinajstić information content (AvgIpc) is 3.03. The van der Waals surface area contributed by atoms with Gasteiger partial charge in [0, 0.05) is 10.2 Å². The molecule has 1 N–H and O–H groups in total. The summed E-state index contributed by atoms with van der Waals surface area (Å²) in [4.78, 5) is 12.7. The number of benzene rings is 2. The molecule has 0 aliphatic carbocycles. The van der Waals surface area contributed by atoms with Crippen molar-refractivity contribution in [3.63, 3.8) is 0 Å². The predicted octanol–water partition coefficient (Wildman–Crippen LogP) is 4.73. The van der Waals surface area contributed by atoms with E-state index in [1.54, 1.807) is 24.4 Å². The lowest BCUT2D eigenvalue weighted by Crippen LogP contribution is -2.14. The van der Waals surface area contributed by atoms with Gasteiger partial charge in [-0.05, 0) is 61.9 Å². The first-order chi connectivity index (χ1) is 12.5. The zero-order valence-electron chi connectivity index (χ0n) is 14.3. The van der Waals surface area contributed by atoms with Crippen molar-refractivity contribution in [1.82, 2.24) is 9.78 Å². The molecule has 1 heterocycles. The molecular formula is C19H17BrFN3O2. The Balaban J connectivity index is 1.90. The third kappa shape index (κ3) is 3.94. The van der Waals surface area contributed by atoms with Gasteiger partial charge in [0.1, 0.15) is 5.82 Å². The van der Waals surface area contributed by atoms with E-state index in [2.05, 4.69) is 26.3 Å². The minimum absolute atomic E-state index is 0.164. The highest BCUT2D eigenvalue weighted by molar-refractivity contribution is 9.10. The average molecular weight is 418 g/mol. The van der Waals surface area contributed by atoms with E-state index in [-0.39, 0.29) is 17.4 Å². The zero-order valence-corrected chi connectivity index (χ0v) is 15.9. The van der Waals surface area contributed by atoms with Crippen LogP contribution in [0.4, 0.5) is 10.1 Å². The Labute approximate surface area is 158 Å².